The van der Waals surface area contributed by atoms with Crippen LogP contribution in [0.2, 0.25) is 0 Å². The zero-order valence-electron chi connectivity index (χ0n) is 7.07. The molecule has 0 fully saturated rings. The van der Waals surface area contributed by atoms with Crippen LogP contribution in [0.5, 0.6) is 5.75 Å². The Morgan fingerprint density at radius 1 is 1.14 bits per heavy atom. The largest absolute Gasteiger partial charge is 1.00 e. The number of halogens is 5. The topological polar surface area (TPSA) is 20.2 Å². The molecular weight excluding hydrogens is 233 g/mol. The summed E-state index contributed by atoms with van der Waals surface area (Å²) in [6, 6.07) is 3.28. The molecule has 0 saturated carbocycles. The van der Waals surface area contributed by atoms with Gasteiger partial charge in [0.1, 0.15) is 0 Å². The minimum atomic E-state index is -3.67. The summed E-state index contributed by atoms with van der Waals surface area (Å²) in [5.74, 6) is -2.22. The molecule has 8 heteroatoms. The number of benzene rings is 1. The van der Waals surface area contributed by atoms with Crippen molar-refractivity contribution in [2.24, 2.45) is 0 Å². The molecule has 1 rings (SSSR count). The molecular formula is C6H3BF5KO. The van der Waals surface area contributed by atoms with Crippen molar-refractivity contribution < 1.29 is 78.2 Å². The number of hydrogen-bond acceptors (Lipinski definition) is 1. The van der Waals surface area contributed by atoms with Crippen LogP contribution in [0, 0.1) is 17.7 Å². The summed E-state index contributed by atoms with van der Waals surface area (Å²) in [7, 11) is -3.67. The molecule has 0 bridgehead atoms. The molecule has 14 heavy (non-hydrogen) atoms. The van der Waals surface area contributed by atoms with Gasteiger partial charge in [-0.25, -0.2) is 8.78 Å². The van der Waals surface area contributed by atoms with E-state index in [-0.39, 0.29) is 51.4 Å². The van der Waals surface area contributed by atoms with E-state index in [1.807, 2.05) is 6.07 Å². The minimum absolute atomic E-state index is 0. The first kappa shape index (κ1) is 16.8. The van der Waals surface area contributed by atoms with Crippen LogP contribution < -0.4 is 51.4 Å². The molecule has 0 heterocycles. The van der Waals surface area contributed by atoms with E-state index >= 15 is 0 Å². The average Bonchev–Trinajstić information content (AvgIpc) is 1.80. The van der Waals surface area contributed by atoms with Crippen LogP contribution in [-0.2, 0) is 0 Å². The molecule has 0 atom stereocenters. The van der Waals surface area contributed by atoms with Gasteiger partial charge in [0.25, 0.3) is 0 Å². The van der Waals surface area contributed by atoms with E-state index in [9.17, 15) is 21.7 Å². The molecule has 1 nitrogen and oxygen atoms in total. The van der Waals surface area contributed by atoms with E-state index in [1.165, 1.54) is 0 Å². The Bertz CT molecular complexity index is 219. The Hall–Kier alpha value is 0.371. The second kappa shape index (κ2) is 8.66. The number of phenolic OH excluding ortho intramolecular Hbond substituents is 1. The molecule has 0 spiro atoms. The van der Waals surface area contributed by atoms with Crippen molar-refractivity contribution in [3.8, 4) is 5.75 Å². The van der Waals surface area contributed by atoms with E-state index in [2.05, 4.69) is 0 Å². The Morgan fingerprint density at radius 2 is 1.57 bits per heavy atom. The van der Waals surface area contributed by atoms with Crippen LogP contribution in [0.25, 0.3) is 0 Å². The summed E-state index contributed by atoms with van der Waals surface area (Å²) >= 11 is 0. The molecule has 0 saturated heterocycles. The van der Waals surface area contributed by atoms with Crippen LogP contribution in [0.1, 0.15) is 0 Å². The molecule has 1 aromatic carbocycles. The number of aromatic hydroxyl groups is 1. The summed E-state index contributed by atoms with van der Waals surface area (Å²) in [4.78, 5) is 0. The summed E-state index contributed by atoms with van der Waals surface area (Å²) in [6.45, 7) is 0. The van der Waals surface area contributed by atoms with Crippen molar-refractivity contribution in [2.45, 2.75) is 0 Å². The summed E-state index contributed by atoms with van der Waals surface area (Å²) in [6.07, 6.45) is 0. The van der Waals surface area contributed by atoms with Crippen molar-refractivity contribution in [1.82, 2.24) is 0 Å². The monoisotopic (exact) mass is 236 g/mol. The first-order chi connectivity index (χ1) is 5.91. The van der Waals surface area contributed by atoms with Gasteiger partial charge in [-0.1, -0.05) is 6.07 Å². The molecule has 0 aliphatic rings. The number of phenols is 1. The van der Waals surface area contributed by atoms with Crippen molar-refractivity contribution in [1.29, 1.82) is 0 Å². The maximum Gasteiger partial charge on any atom is 1.00 e. The first-order valence-electron chi connectivity index (χ1n) is 2.91. The SMILES string of the molecule is FB(F)F.Oc1[c-]c(F)cc(F)c1.[K+]. The zero-order chi connectivity index (χ0) is 10.4. The zero-order valence-corrected chi connectivity index (χ0v) is 10.2. The van der Waals surface area contributed by atoms with Gasteiger partial charge in [-0.3, -0.25) is 12.9 Å². The van der Waals surface area contributed by atoms with E-state index in [0.29, 0.717) is 6.07 Å². The van der Waals surface area contributed by atoms with Crippen molar-refractivity contribution in [3.05, 3.63) is 29.8 Å². The van der Waals surface area contributed by atoms with Gasteiger partial charge in [-0.2, -0.15) is 0 Å². The Labute approximate surface area is 120 Å². The Kier molecular flexibility index (Phi) is 10.4. The van der Waals surface area contributed by atoms with Gasteiger partial charge >= 0.3 is 58.9 Å². The van der Waals surface area contributed by atoms with Gasteiger partial charge in [-0.05, 0) is 0 Å². The predicted molar refractivity (Wildman–Crippen MR) is 35.9 cm³/mol. The van der Waals surface area contributed by atoms with E-state index in [0.717, 1.165) is 6.07 Å². The van der Waals surface area contributed by atoms with Gasteiger partial charge in [0.05, 0.1) is 0 Å². The third kappa shape index (κ3) is 10.5. The summed E-state index contributed by atoms with van der Waals surface area (Å²) in [5.41, 5.74) is 0. The van der Waals surface area contributed by atoms with Crippen LogP contribution in [-0.4, -0.2) is 12.7 Å². The maximum atomic E-state index is 12.0. The molecule has 0 aromatic heterocycles. The molecule has 72 valence electrons. The van der Waals surface area contributed by atoms with Gasteiger partial charge < -0.3 is 5.11 Å². The van der Waals surface area contributed by atoms with Crippen molar-refractivity contribution in [2.75, 3.05) is 0 Å². The summed E-state index contributed by atoms with van der Waals surface area (Å²) in [5, 5.41) is 8.46. The second-order valence-electron chi connectivity index (χ2n) is 1.78. The third-order valence-electron chi connectivity index (χ3n) is 0.787. The average molecular weight is 236 g/mol. The van der Waals surface area contributed by atoms with E-state index in [1.54, 1.807) is 0 Å². The molecule has 1 N–H and O–H groups in total. The minimum Gasteiger partial charge on any atom is -0.534 e. The molecule has 0 aliphatic heterocycles. The molecule has 1 aromatic rings. The van der Waals surface area contributed by atoms with Gasteiger partial charge in [0.2, 0.25) is 0 Å². The third-order valence-corrected chi connectivity index (χ3v) is 0.787. The van der Waals surface area contributed by atoms with E-state index in [4.69, 9.17) is 5.11 Å². The normalized spacial score (nSPS) is 8.07. The van der Waals surface area contributed by atoms with Crippen molar-refractivity contribution in [3.63, 3.8) is 0 Å². The fourth-order valence-corrected chi connectivity index (χ4v) is 0.488. The first-order valence-corrected chi connectivity index (χ1v) is 2.91. The molecule has 0 radical (unpaired) electrons. The molecule has 0 amide bonds. The van der Waals surface area contributed by atoms with Crippen LogP contribution in [0.15, 0.2) is 12.1 Å². The smallest absolute Gasteiger partial charge is 0.534 e. The Balaban J connectivity index is 0. The van der Waals surface area contributed by atoms with Gasteiger partial charge in [0, 0.05) is 17.4 Å². The fraction of sp³-hybridized carbons (Fsp3) is 0. The van der Waals surface area contributed by atoms with Gasteiger partial charge in [0.15, 0.2) is 0 Å². The maximum absolute atomic E-state index is 12.0. The Morgan fingerprint density at radius 3 is 1.86 bits per heavy atom. The molecule has 0 aliphatic carbocycles. The number of rotatable bonds is 0. The standard InChI is InChI=1S/C6H3F2O.BF3.K/c7-4-1-5(8)3-6(9)2-4;2-1(3)4;/h1-2,9H;;/q-1;;+1. The predicted octanol–water partition coefficient (Wildman–Crippen LogP) is -0.646. The molecule has 0 unspecified atom stereocenters. The van der Waals surface area contributed by atoms with Crippen LogP contribution in [0.3, 0.4) is 0 Å². The van der Waals surface area contributed by atoms with Gasteiger partial charge in [-0.15, -0.1) is 12.1 Å². The fourth-order valence-electron chi connectivity index (χ4n) is 0.488. The quantitative estimate of drug-likeness (QED) is 0.360. The number of hydrogen-bond donors (Lipinski definition) is 1. The van der Waals surface area contributed by atoms with Crippen LogP contribution in [0.4, 0.5) is 21.7 Å². The van der Waals surface area contributed by atoms with Crippen LogP contribution >= 0.6 is 0 Å². The van der Waals surface area contributed by atoms with E-state index < -0.39 is 24.9 Å². The second-order valence-corrected chi connectivity index (χ2v) is 1.78. The summed E-state index contributed by atoms with van der Waals surface area (Å²) < 4.78 is 53.0. The van der Waals surface area contributed by atoms with Crippen molar-refractivity contribution >= 4 is 7.54 Å².